The summed E-state index contributed by atoms with van der Waals surface area (Å²) in [6.07, 6.45) is 6.59. The lowest BCUT2D eigenvalue weighted by molar-refractivity contribution is 0.411. The second kappa shape index (κ2) is 6.09. The average molecular weight is 350 g/mol. The van der Waals surface area contributed by atoms with Crippen LogP contribution in [0.5, 0.6) is 5.75 Å². The molecule has 0 aliphatic rings. The van der Waals surface area contributed by atoms with E-state index in [0.29, 0.717) is 0 Å². The van der Waals surface area contributed by atoms with E-state index in [1.807, 2.05) is 48.1 Å². The zero-order valence-corrected chi connectivity index (χ0v) is 15.7. The molecule has 1 unspecified atom stereocenters. The number of fused-ring (bicyclic) bond motifs is 2. The van der Waals surface area contributed by atoms with Crippen molar-refractivity contribution in [1.29, 1.82) is 0 Å². The number of rotatable bonds is 4. The maximum absolute atomic E-state index is 5.39. The third-order valence-electron chi connectivity index (χ3n) is 4.81. The van der Waals surface area contributed by atoms with Crippen molar-refractivity contribution in [1.82, 2.24) is 29.0 Å². The minimum atomic E-state index is 0.200. The minimum absolute atomic E-state index is 0.200. The highest BCUT2D eigenvalue weighted by atomic mass is 16.5. The van der Waals surface area contributed by atoms with E-state index in [1.54, 1.807) is 7.11 Å². The minimum Gasteiger partial charge on any atom is -0.496 e. The first kappa shape index (κ1) is 16.5. The number of pyridine rings is 1. The number of aromatic nitrogens is 6. The summed E-state index contributed by atoms with van der Waals surface area (Å²) in [7, 11) is 1.68. The van der Waals surface area contributed by atoms with Gasteiger partial charge in [0.15, 0.2) is 11.5 Å². The van der Waals surface area contributed by atoms with E-state index in [-0.39, 0.29) is 5.92 Å². The Morgan fingerprint density at radius 3 is 2.69 bits per heavy atom. The van der Waals surface area contributed by atoms with Gasteiger partial charge in [-0.25, -0.2) is 14.5 Å². The smallest absolute Gasteiger partial charge is 0.177 e. The van der Waals surface area contributed by atoms with Gasteiger partial charge in [-0.3, -0.25) is 4.98 Å². The third-order valence-corrected chi connectivity index (χ3v) is 4.81. The molecule has 0 radical (unpaired) electrons. The first-order chi connectivity index (χ1) is 12.5. The molecule has 4 aromatic rings. The van der Waals surface area contributed by atoms with Gasteiger partial charge in [-0.05, 0) is 26.8 Å². The number of hydrogen-bond acceptors (Lipinski definition) is 5. The van der Waals surface area contributed by atoms with Crippen LogP contribution in [0.1, 0.15) is 41.3 Å². The topological polar surface area (TPSA) is 69.6 Å². The Bertz CT molecular complexity index is 1070. The summed E-state index contributed by atoms with van der Waals surface area (Å²) >= 11 is 0. The monoisotopic (exact) mass is 350 g/mol. The third kappa shape index (κ3) is 2.60. The number of nitrogens with zero attached hydrogens (tertiary/aromatic N) is 6. The van der Waals surface area contributed by atoms with Gasteiger partial charge in [0.1, 0.15) is 11.4 Å². The van der Waals surface area contributed by atoms with Gasteiger partial charge in [-0.2, -0.15) is 5.10 Å². The Morgan fingerprint density at radius 2 is 1.96 bits per heavy atom. The summed E-state index contributed by atoms with van der Waals surface area (Å²) in [6, 6.07) is 1.96. The standard InChI is InChI=1S/C19H22N6O/c1-11(8-17-22-19-14(4)20-9-12(2)25(19)23-17)15-10-24-7-6-16(26-5)13(3)18(24)21-15/h6-7,9-11H,8H2,1-5H3. The van der Waals surface area contributed by atoms with Crippen LogP contribution in [0.4, 0.5) is 0 Å². The Labute approximate surface area is 151 Å². The van der Waals surface area contributed by atoms with Crippen molar-refractivity contribution in [3.8, 4) is 5.75 Å². The van der Waals surface area contributed by atoms with E-state index < -0.39 is 0 Å². The van der Waals surface area contributed by atoms with Crippen molar-refractivity contribution < 1.29 is 4.74 Å². The van der Waals surface area contributed by atoms with Gasteiger partial charge in [0.25, 0.3) is 0 Å². The number of aryl methyl sites for hydroxylation is 3. The average Bonchev–Trinajstić information content (AvgIpc) is 3.24. The molecule has 0 aromatic carbocycles. The first-order valence-corrected chi connectivity index (χ1v) is 8.68. The van der Waals surface area contributed by atoms with Gasteiger partial charge in [0, 0.05) is 36.5 Å². The van der Waals surface area contributed by atoms with E-state index in [4.69, 9.17) is 9.72 Å². The lowest BCUT2D eigenvalue weighted by Crippen LogP contribution is -2.01. The molecule has 0 spiro atoms. The largest absolute Gasteiger partial charge is 0.496 e. The summed E-state index contributed by atoms with van der Waals surface area (Å²) in [6.45, 7) is 8.12. The summed E-state index contributed by atoms with van der Waals surface area (Å²) in [4.78, 5) is 13.8. The van der Waals surface area contributed by atoms with Crippen LogP contribution in [0, 0.1) is 20.8 Å². The fraction of sp³-hybridized carbons (Fsp3) is 0.368. The molecule has 0 amide bonds. The molecule has 0 aliphatic heterocycles. The Hall–Kier alpha value is -2.96. The molecular weight excluding hydrogens is 328 g/mol. The number of imidazole rings is 1. The van der Waals surface area contributed by atoms with Gasteiger partial charge in [-0.15, -0.1) is 0 Å². The molecule has 0 saturated carbocycles. The molecule has 0 N–H and O–H groups in total. The summed E-state index contributed by atoms with van der Waals surface area (Å²) in [5.74, 6) is 1.86. The fourth-order valence-corrected chi connectivity index (χ4v) is 3.25. The van der Waals surface area contributed by atoms with Crippen molar-refractivity contribution in [2.75, 3.05) is 7.11 Å². The second-order valence-electron chi connectivity index (χ2n) is 6.76. The Balaban J connectivity index is 1.67. The molecule has 26 heavy (non-hydrogen) atoms. The zero-order valence-electron chi connectivity index (χ0n) is 15.7. The Kier molecular flexibility index (Phi) is 3.86. The van der Waals surface area contributed by atoms with Crippen molar-refractivity contribution in [2.45, 2.75) is 40.0 Å². The van der Waals surface area contributed by atoms with Crippen LogP contribution >= 0.6 is 0 Å². The zero-order chi connectivity index (χ0) is 18.4. The van der Waals surface area contributed by atoms with Crippen molar-refractivity contribution in [2.24, 2.45) is 0 Å². The number of hydrogen-bond donors (Lipinski definition) is 0. The normalized spacial score (nSPS) is 12.8. The van der Waals surface area contributed by atoms with E-state index in [2.05, 4.69) is 28.2 Å². The van der Waals surface area contributed by atoms with Crippen molar-refractivity contribution in [3.05, 3.63) is 53.1 Å². The molecule has 0 fully saturated rings. The fourth-order valence-electron chi connectivity index (χ4n) is 3.25. The molecular formula is C19H22N6O. The lowest BCUT2D eigenvalue weighted by atomic mass is 10.0. The highest BCUT2D eigenvalue weighted by Crippen LogP contribution is 2.25. The molecule has 7 nitrogen and oxygen atoms in total. The SMILES string of the molecule is COc1ccn2cc(C(C)Cc3nc4c(C)ncc(C)n4n3)nc2c1C. The molecule has 0 aliphatic carbocycles. The van der Waals surface area contributed by atoms with Crippen LogP contribution in [0.15, 0.2) is 24.7 Å². The molecule has 134 valence electrons. The van der Waals surface area contributed by atoms with E-state index in [0.717, 1.165) is 51.9 Å². The quantitative estimate of drug-likeness (QED) is 0.566. The molecule has 0 saturated heterocycles. The maximum atomic E-state index is 5.39. The summed E-state index contributed by atoms with van der Waals surface area (Å²) < 4.78 is 9.30. The van der Waals surface area contributed by atoms with Gasteiger partial charge < -0.3 is 9.14 Å². The van der Waals surface area contributed by atoms with Crippen molar-refractivity contribution >= 4 is 11.3 Å². The van der Waals surface area contributed by atoms with E-state index in [9.17, 15) is 0 Å². The lowest BCUT2D eigenvalue weighted by Gasteiger charge is -2.05. The molecule has 7 heteroatoms. The molecule has 4 aromatic heterocycles. The van der Waals surface area contributed by atoms with Crippen LogP contribution < -0.4 is 4.74 Å². The van der Waals surface area contributed by atoms with Crippen LogP contribution in [0.2, 0.25) is 0 Å². The van der Waals surface area contributed by atoms with Crippen LogP contribution in [-0.2, 0) is 6.42 Å². The second-order valence-corrected chi connectivity index (χ2v) is 6.76. The van der Waals surface area contributed by atoms with Crippen LogP contribution in [0.25, 0.3) is 11.3 Å². The van der Waals surface area contributed by atoms with Gasteiger partial charge in [0.2, 0.25) is 0 Å². The van der Waals surface area contributed by atoms with Gasteiger partial charge in [0.05, 0.1) is 24.2 Å². The van der Waals surface area contributed by atoms with E-state index in [1.165, 1.54) is 0 Å². The molecule has 1 atom stereocenters. The summed E-state index contributed by atoms with van der Waals surface area (Å²) in [5, 5.41) is 4.65. The molecule has 4 rings (SSSR count). The van der Waals surface area contributed by atoms with E-state index >= 15 is 0 Å². The Morgan fingerprint density at radius 1 is 1.15 bits per heavy atom. The number of ether oxygens (including phenoxy) is 1. The van der Waals surface area contributed by atoms with Crippen LogP contribution in [0.3, 0.4) is 0 Å². The van der Waals surface area contributed by atoms with Gasteiger partial charge >= 0.3 is 0 Å². The van der Waals surface area contributed by atoms with Crippen molar-refractivity contribution in [3.63, 3.8) is 0 Å². The number of methoxy groups -OCH3 is 1. The highest BCUT2D eigenvalue weighted by molar-refractivity contribution is 5.55. The maximum Gasteiger partial charge on any atom is 0.177 e. The highest BCUT2D eigenvalue weighted by Gasteiger charge is 2.17. The van der Waals surface area contributed by atoms with Gasteiger partial charge in [-0.1, -0.05) is 6.92 Å². The predicted molar refractivity (Wildman–Crippen MR) is 98.9 cm³/mol. The summed E-state index contributed by atoms with van der Waals surface area (Å²) in [5.41, 5.74) is 5.67. The molecule has 0 bridgehead atoms. The van der Waals surface area contributed by atoms with Crippen LogP contribution in [-0.4, -0.2) is 36.1 Å². The first-order valence-electron chi connectivity index (χ1n) is 8.68. The predicted octanol–water partition coefficient (Wildman–Crippen LogP) is 3.05. The molecule has 4 heterocycles.